The molecule has 0 aromatic carbocycles. The third-order valence-corrected chi connectivity index (χ3v) is 3.65. The van der Waals surface area contributed by atoms with E-state index < -0.39 is 0 Å². The highest BCUT2D eigenvalue weighted by Gasteiger charge is 2.26. The van der Waals surface area contributed by atoms with Crippen LogP contribution in [0.1, 0.15) is 24.6 Å². The minimum absolute atomic E-state index is 0.242. The second-order valence-electron chi connectivity index (χ2n) is 4.96. The maximum atomic E-state index is 5.94. The van der Waals surface area contributed by atoms with E-state index in [9.17, 15) is 0 Å². The summed E-state index contributed by atoms with van der Waals surface area (Å²) in [4.78, 5) is 6.90. The normalized spacial score (nSPS) is 22.9. The molecule has 1 aliphatic heterocycles. The summed E-state index contributed by atoms with van der Waals surface area (Å²) in [6.45, 7) is 3.64. The minimum Gasteiger partial charge on any atom is -0.384 e. The molecule has 0 saturated carbocycles. The average molecular weight is 249 g/mol. The van der Waals surface area contributed by atoms with Crippen molar-refractivity contribution < 1.29 is 4.74 Å². The lowest BCUT2D eigenvalue weighted by molar-refractivity contribution is 0.0687. The fraction of sp³-hybridized carbons (Fsp3) is 0.643. The Hall–Kier alpha value is -0.970. The first-order chi connectivity index (χ1) is 8.85. The fourth-order valence-corrected chi connectivity index (χ4v) is 2.78. The van der Waals surface area contributed by atoms with Gasteiger partial charge in [-0.2, -0.15) is 0 Å². The van der Waals surface area contributed by atoms with Crippen LogP contribution in [0.25, 0.3) is 0 Å². The van der Waals surface area contributed by atoms with Crippen molar-refractivity contribution in [2.24, 2.45) is 11.7 Å². The van der Waals surface area contributed by atoms with Gasteiger partial charge in [-0.15, -0.1) is 0 Å². The first kappa shape index (κ1) is 13.5. The molecule has 100 valence electrons. The van der Waals surface area contributed by atoms with Gasteiger partial charge in [-0.3, -0.25) is 9.88 Å². The summed E-state index contributed by atoms with van der Waals surface area (Å²) in [6, 6.07) is 6.28. The van der Waals surface area contributed by atoms with E-state index in [1.165, 1.54) is 12.8 Å². The van der Waals surface area contributed by atoms with E-state index in [0.29, 0.717) is 12.5 Å². The molecule has 2 N–H and O–H groups in total. The van der Waals surface area contributed by atoms with E-state index in [0.717, 1.165) is 25.4 Å². The van der Waals surface area contributed by atoms with Crippen molar-refractivity contribution in [1.29, 1.82) is 0 Å². The van der Waals surface area contributed by atoms with E-state index in [-0.39, 0.29) is 6.04 Å². The molecule has 1 fully saturated rings. The Morgan fingerprint density at radius 1 is 1.56 bits per heavy atom. The van der Waals surface area contributed by atoms with Crippen molar-refractivity contribution in [3.63, 3.8) is 0 Å². The quantitative estimate of drug-likeness (QED) is 0.858. The zero-order valence-electron chi connectivity index (χ0n) is 11.1. The van der Waals surface area contributed by atoms with Crippen LogP contribution < -0.4 is 5.73 Å². The maximum Gasteiger partial charge on any atom is 0.0644 e. The second-order valence-corrected chi connectivity index (χ2v) is 4.96. The number of likely N-dealkylation sites (tertiary alicyclic amines) is 1. The van der Waals surface area contributed by atoms with Gasteiger partial charge in [-0.05, 0) is 37.4 Å². The molecule has 4 heteroatoms. The van der Waals surface area contributed by atoms with Gasteiger partial charge in [0.1, 0.15) is 0 Å². The van der Waals surface area contributed by atoms with Gasteiger partial charge >= 0.3 is 0 Å². The van der Waals surface area contributed by atoms with E-state index in [1.807, 2.05) is 18.3 Å². The lowest BCUT2D eigenvalue weighted by Crippen LogP contribution is -2.42. The van der Waals surface area contributed by atoms with Gasteiger partial charge in [0.15, 0.2) is 0 Å². The van der Waals surface area contributed by atoms with Gasteiger partial charge in [-0.1, -0.05) is 6.07 Å². The molecule has 1 aliphatic rings. The number of rotatable bonds is 5. The summed E-state index contributed by atoms with van der Waals surface area (Å²) < 4.78 is 5.28. The van der Waals surface area contributed by atoms with Crippen molar-refractivity contribution in [2.45, 2.75) is 18.9 Å². The van der Waals surface area contributed by atoms with Crippen LogP contribution in [0.15, 0.2) is 24.4 Å². The molecular weight excluding hydrogens is 226 g/mol. The number of piperidine rings is 1. The van der Waals surface area contributed by atoms with E-state index in [1.54, 1.807) is 7.11 Å². The zero-order chi connectivity index (χ0) is 12.8. The van der Waals surface area contributed by atoms with E-state index in [2.05, 4.69) is 16.0 Å². The number of nitrogens with two attached hydrogens (primary N) is 1. The topological polar surface area (TPSA) is 51.4 Å². The van der Waals surface area contributed by atoms with Crippen molar-refractivity contribution in [3.05, 3.63) is 30.1 Å². The molecule has 2 atom stereocenters. The molecule has 2 heterocycles. The fourth-order valence-electron chi connectivity index (χ4n) is 2.78. The molecule has 0 spiro atoms. The van der Waals surface area contributed by atoms with Crippen molar-refractivity contribution in [2.75, 3.05) is 33.4 Å². The van der Waals surface area contributed by atoms with Crippen LogP contribution in [0.3, 0.4) is 0 Å². The van der Waals surface area contributed by atoms with Gasteiger partial charge in [0.25, 0.3) is 0 Å². The van der Waals surface area contributed by atoms with Crippen LogP contribution in [0.5, 0.6) is 0 Å². The predicted octanol–water partition coefficient (Wildman–Crippen LogP) is 1.44. The smallest absolute Gasteiger partial charge is 0.0644 e. The Bertz CT molecular complexity index is 342. The van der Waals surface area contributed by atoms with Gasteiger partial charge in [-0.25, -0.2) is 0 Å². The molecule has 0 amide bonds. The predicted molar refractivity (Wildman–Crippen MR) is 72.2 cm³/mol. The second kappa shape index (κ2) is 6.83. The number of aromatic nitrogens is 1. The van der Waals surface area contributed by atoms with Crippen molar-refractivity contribution in [1.82, 2.24) is 9.88 Å². The number of ether oxygens (including phenoxy) is 1. The first-order valence-corrected chi connectivity index (χ1v) is 6.69. The molecule has 18 heavy (non-hydrogen) atoms. The van der Waals surface area contributed by atoms with Gasteiger partial charge in [0, 0.05) is 26.4 Å². The summed E-state index contributed by atoms with van der Waals surface area (Å²) in [5.74, 6) is 0.626. The lowest BCUT2D eigenvalue weighted by Gasteiger charge is -2.37. The Morgan fingerprint density at radius 3 is 3.11 bits per heavy atom. The third kappa shape index (κ3) is 3.28. The molecule has 1 aromatic rings. The number of methoxy groups -OCH3 is 1. The Morgan fingerprint density at radius 2 is 2.44 bits per heavy atom. The summed E-state index contributed by atoms with van der Waals surface area (Å²) in [5.41, 5.74) is 7.02. The third-order valence-electron chi connectivity index (χ3n) is 3.65. The molecule has 2 rings (SSSR count). The minimum atomic E-state index is 0.242. The van der Waals surface area contributed by atoms with Crippen molar-refractivity contribution >= 4 is 0 Å². The summed E-state index contributed by atoms with van der Waals surface area (Å²) in [6.07, 6.45) is 4.32. The Kier molecular flexibility index (Phi) is 5.11. The summed E-state index contributed by atoms with van der Waals surface area (Å²) in [5, 5.41) is 0. The number of nitrogens with zero attached hydrogens (tertiary/aromatic N) is 2. The van der Waals surface area contributed by atoms with E-state index in [4.69, 9.17) is 10.5 Å². The standard InChI is InChI=1S/C14H23N3O/c1-18-11-12-5-4-8-17(10-12)14(9-15)13-6-2-3-7-16-13/h2-3,6-7,12,14H,4-5,8-11,15H2,1H3. The number of pyridine rings is 1. The first-order valence-electron chi connectivity index (χ1n) is 6.69. The zero-order valence-corrected chi connectivity index (χ0v) is 11.1. The van der Waals surface area contributed by atoms with Gasteiger partial charge in [0.05, 0.1) is 18.3 Å². The summed E-state index contributed by atoms with van der Waals surface area (Å²) >= 11 is 0. The molecule has 1 aromatic heterocycles. The highest BCUT2D eigenvalue weighted by atomic mass is 16.5. The van der Waals surface area contributed by atoms with Crippen molar-refractivity contribution in [3.8, 4) is 0 Å². The van der Waals surface area contributed by atoms with Crippen LogP contribution in [0.4, 0.5) is 0 Å². The van der Waals surface area contributed by atoms with Gasteiger partial charge in [0.2, 0.25) is 0 Å². The SMILES string of the molecule is COCC1CCCN(C(CN)c2ccccn2)C1. The molecule has 1 saturated heterocycles. The largest absolute Gasteiger partial charge is 0.384 e. The number of hydrogen-bond acceptors (Lipinski definition) is 4. The van der Waals surface area contributed by atoms with Crippen LogP contribution in [0.2, 0.25) is 0 Å². The molecular formula is C14H23N3O. The van der Waals surface area contributed by atoms with Crippen LogP contribution >= 0.6 is 0 Å². The van der Waals surface area contributed by atoms with Crippen LogP contribution in [-0.4, -0.2) is 43.2 Å². The lowest BCUT2D eigenvalue weighted by atomic mass is 9.96. The highest BCUT2D eigenvalue weighted by Crippen LogP contribution is 2.25. The molecule has 0 radical (unpaired) electrons. The number of hydrogen-bond donors (Lipinski definition) is 1. The van der Waals surface area contributed by atoms with E-state index >= 15 is 0 Å². The molecule has 0 bridgehead atoms. The average Bonchev–Trinajstić information content (AvgIpc) is 2.42. The maximum absolute atomic E-state index is 5.94. The molecule has 4 nitrogen and oxygen atoms in total. The van der Waals surface area contributed by atoms with Crippen LogP contribution in [-0.2, 0) is 4.74 Å². The highest BCUT2D eigenvalue weighted by molar-refractivity contribution is 5.09. The molecule has 0 aliphatic carbocycles. The molecule has 2 unspecified atom stereocenters. The summed E-state index contributed by atoms with van der Waals surface area (Å²) in [7, 11) is 1.78. The van der Waals surface area contributed by atoms with Gasteiger partial charge < -0.3 is 10.5 Å². The Balaban J connectivity index is 2.03. The Labute approximate surface area is 109 Å². The monoisotopic (exact) mass is 249 g/mol. The van der Waals surface area contributed by atoms with Crippen LogP contribution in [0, 0.1) is 5.92 Å².